The fraction of sp³-hybridized carbons (Fsp3) is 1.00. The van der Waals surface area contributed by atoms with Gasteiger partial charge in [-0.1, -0.05) is 0 Å². The third-order valence-electron chi connectivity index (χ3n) is 8.16. The van der Waals surface area contributed by atoms with Crippen LogP contribution in [-0.2, 0) is 65.1 Å². The Morgan fingerprint density at radius 2 is 1.05 bits per heavy atom. The first-order chi connectivity index (χ1) is 19.3. The van der Waals surface area contributed by atoms with Crippen LogP contribution in [0.25, 0.3) is 0 Å². The number of rotatable bonds is 13. The second-order valence-corrected chi connectivity index (χ2v) is 13.6. The molecule has 6 rings (SSSR count). The molecule has 0 aromatic heterocycles. The summed E-state index contributed by atoms with van der Waals surface area (Å²) in [5.41, 5.74) is -4.27. The minimum atomic E-state index is -5.10. The fourth-order valence-corrected chi connectivity index (χ4v) is 8.39. The molecule has 21 heteroatoms. The van der Waals surface area contributed by atoms with E-state index in [1.807, 2.05) is 0 Å². The number of methoxy groups -OCH3 is 2. The lowest BCUT2D eigenvalue weighted by Crippen LogP contribution is -2.48. The summed E-state index contributed by atoms with van der Waals surface area (Å²) in [5.74, 6) is 0. The van der Waals surface area contributed by atoms with Crippen molar-refractivity contribution in [1.82, 2.24) is 0 Å². The molecule has 6 fully saturated rings. The van der Waals surface area contributed by atoms with E-state index >= 15 is 0 Å². The van der Waals surface area contributed by atoms with Crippen LogP contribution < -0.4 is 9.79 Å². The highest BCUT2D eigenvalue weighted by Crippen LogP contribution is 2.54. The Morgan fingerprint density at radius 3 is 1.41 bits per heavy atom. The Morgan fingerprint density at radius 1 is 0.683 bits per heavy atom. The summed E-state index contributed by atoms with van der Waals surface area (Å²) in [6.07, 6.45) is -5.80. The van der Waals surface area contributed by atoms with E-state index in [0.29, 0.717) is 0 Å². The van der Waals surface area contributed by atoms with E-state index in [4.69, 9.17) is 79.5 Å². The molecule has 0 spiro atoms. The van der Waals surface area contributed by atoms with Crippen molar-refractivity contribution in [2.24, 2.45) is 0 Å². The zero-order valence-electron chi connectivity index (χ0n) is 22.1. The molecule has 6 saturated heterocycles. The lowest BCUT2D eigenvalue weighted by molar-refractivity contribution is -0.246. The monoisotopic (exact) mass is 618 g/mol. The maximum Gasteiger partial charge on any atom is 0.268 e. The zero-order chi connectivity index (χ0) is 29.4. The third-order valence-corrected chi connectivity index (χ3v) is 10.0. The van der Waals surface area contributed by atoms with Crippen molar-refractivity contribution in [2.45, 2.75) is 71.4 Å². The highest BCUT2D eigenvalue weighted by molar-refractivity contribution is 7.46. The topological polar surface area (TPSA) is 191 Å². The van der Waals surface area contributed by atoms with Crippen molar-refractivity contribution in [3.63, 3.8) is 0 Å². The molecule has 0 N–H and O–H groups in total. The van der Waals surface area contributed by atoms with Crippen LogP contribution in [0.2, 0.25) is 0 Å². The van der Waals surface area contributed by atoms with Gasteiger partial charge in [-0.25, -0.2) is 0 Å². The van der Waals surface area contributed by atoms with Crippen molar-refractivity contribution >= 4 is 39.2 Å². The Kier molecular flexibility index (Phi) is 8.24. The van der Waals surface area contributed by atoms with Gasteiger partial charge in [0.05, 0.1) is 39.6 Å². The SMILES string of the molecule is [B][C@@H]1O[C@@]2(COP(=O)([O-])O[C@@H]3C4OC[C@]3(COP(=O)([O-])O[C@@H]3C5OC[C@]3(COC)O[C@H]5[B])O[C@H]4[B])COC1[C@H]2OC. The average molecular weight is 618 g/mol. The Hall–Kier alpha value is 0.0948. The quantitative estimate of drug-likeness (QED) is 0.145. The summed E-state index contributed by atoms with van der Waals surface area (Å²) in [6.45, 7) is -1.65. The molecule has 5 unspecified atom stereocenters. The maximum absolute atomic E-state index is 12.9. The van der Waals surface area contributed by atoms with E-state index < -0.39 is 100 Å². The van der Waals surface area contributed by atoms with Gasteiger partial charge in [-0.2, -0.15) is 0 Å². The summed E-state index contributed by atoms with van der Waals surface area (Å²) >= 11 is 0. The minimum absolute atomic E-state index is 0.00777. The Labute approximate surface area is 239 Å². The van der Waals surface area contributed by atoms with E-state index in [1.54, 1.807) is 0 Å². The molecular weight excluding hydrogens is 591 g/mol. The largest absolute Gasteiger partial charge is 0.756 e. The van der Waals surface area contributed by atoms with Gasteiger partial charge in [0.2, 0.25) is 0 Å². The van der Waals surface area contributed by atoms with E-state index in [-0.39, 0.29) is 26.4 Å². The molecule has 41 heavy (non-hydrogen) atoms. The zero-order valence-corrected chi connectivity index (χ0v) is 23.9. The average Bonchev–Trinajstić information content (AvgIpc) is 3.69. The third kappa shape index (κ3) is 5.27. The van der Waals surface area contributed by atoms with Crippen LogP contribution in [0, 0.1) is 0 Å². The van der Waals surface area contributed by atoms with Gasteiger partial charge < -0.3 is 65.8 Å². The van der Waals surface area contributed by atoms with Gasteiger partial charge in [-0.05, 0) is 0 Å². The summed E-state index contributed by atoms with van der Waals surface area (Å²) in [7, 11) is 10.3. The molecule has 0 amide bonds. The van der Waals surface area contributed by atoms with Crippen LogP contribution in [-0.4, -0.2) is 149 Å². The smallest absolute Gasteiger partial charge is 0.268 e. The lowest BCUT2D eigenvalue weighted by Gasteiger charge is -2.37. The second kappa shape index (κ2) is 10.9. The molecule has 0 saturated carbocycles. The Balaban J connectivity index is 1.11. The minimum Gasteiger partial charge on any atom is -0.756 e. The first-order valence-corrected chi connectivity index (χ1v) is 15.7. The summed E-state index contributed by atoms with van der Waals surface area (Å²) in [6, 6.07) is -2.94. The number of phosphoric ester groups is 2. The Bertz CT molecular complexity index is 1110. The number of hydrogen-bond donors (Lipinski definition) is 0. The molecule has 224 valence electrons. The molecule has 6 bridgehead atoms. The molecular formula is C20H27B3O16P2-2. The highest BCUT2D eigenvalue weighted by atomic mass is 31.2. The van der Waals surface area contributed by atoms with Gasteiger partial charge in [0.15, 0.2) is 0 Å². The van der Waals surface area contributed by atoms with E-state index in [9.17, 15) is 18.9 Å². The number of phosphoric acid groups is 2. The summed E-state index contributed by atoms with van der Waals surface area (Å²) in [4.78, 5) is 25.8. The van der Waals surface area contributed by atoms with Crippen molar-refractivity contribution in [1.29, 1.82) is 0 Å². The van der Waals surface area contributed by atoms with Crippen LogP contribution in [0.15, 0.2) is 0 Å². The van der Waals surface area contributed by atoms with Crippen molar-refractivity contribution in [3.8, 4) is 0 Å². The van der Waals surface area contributed by atoms with Gasteiger partial charge in [0.25, 0.3) is 15.6 Å². The predicted octanol–water partition coefficient (Wildman–Crippen LogP) is -3.62. The van der Waals surface area contributed by atoms with Gasteiger partial charge >= 0.3 is 0 Å². The van der Waals surface area contributed by atoms with Gasteiger partial charge in [0.1, 0.15) is 77.0 Å². The van der Waals surface area contributed by atoms with Gasteiger partial charge in [-0.3, -0.25) is 9.13 Å². The molecule has 0 aromatic rings. The van der Waals surface area contributed by atoms with Crippen molar-refractivity contribution in [3.05, 3.63) is 0 Å². The molecule has 6 aliphatic heterocycles. The highest BCUT2D eigenvalue weighted by Gasteiger charge is 2.65. The molecule has 6 heterocycles. The first kappa shape index (κ1) is 31.1. The fourth-order valence-electron chi connectivity index (χ4n) is 6.33. The normalized spacial score (nSPS) is 50.9. The summed E-state index contributed by atoms with van der Waals surface area (Å²) < 4.78 is 90.9. The van der Waals surface area contributed by atoms with E-state index in [1.165, 1.54) is 14.2 Å². The number of hydrogen-bond acceptors (Lipinski definition) is 16. The van der Waals surface area contributed by atoms with Crippen molar-refractivity contribution in [2.75, 3.05) is 53.9 Å². The number of ether oxygens (including phenoxy) is 8. The lowest BCUT2D eigenvalue weighted by atomic mass is 9.92. The standard InChI is InChI=1S/C20H29B3O16P2/c1-28-3-18-4-31-10(16(22)35-18)13(18)38-41(26,27)34-8-20-6-32-11(17(23)37-20)14(20)39-40(24,25)33-7-19-5-30-9(12(19)29-2)15(21)36-19/h9-17H,3-8H2,1-2H3,(H,24,25)(H,26,27)/p-2/t9?,10?,11?,12-,13-,14-,15-,16-,17-,18+,19-,20-/m1/s1. The summed E-state index contributed by atoms with van der Waals surface area (Å²) in [5, 5.41) is 0. The molecule has 0 aromatic carbocycles. The van der Waals surface area contributed by atoms with Crippen LogP contribution in [0.3, 0.4) is 0 Å². The molecule has 0 aliphatic carbocycles. The van der Waals surface area contributed by atoms with Gasteiger partial charge in [-0.15, -0.1) is 0 Å². The first-order valence-electron chi connectivity index (χ1n) is 12.7. The number of fused-ring (bicyclic) bond motifs is 6. The molecule has 6 radical (unpaired) electrons. The maximum atomic E-state index is 12.9. The molecule has 6 aliphatic rings. The van der Waals surface area contributed by atoms with Crippen LogP contribution in [0.1, 0.15) is 0 Å². The van der Waals surface area contributed by atoms with Gasteiger partial charge in [0, 0.05) is 32.2 Å². The molecule has 16 nitrogen and oxygen atoms in total. The van der Waals surface area contributed by atoms with Crippen molar-refractivity contribution < 1.29 is 74.9 Å². The van der Waals surface area contributed by atoms with Crippen LogP contribution in [0.4, 0.5) is 0 Å². The van der Waals surface area contributed by atoms with E-state index in [0.717, 1.165) is 0 Å². The predicted molar refractivity (Wildman–Crippen MR) is 129 cm³/mol. The van der Waals surface area contributed by atoms with E-state index in [2.05, 4.69) is 0 Å². The second-order valence-electron chi connectivity index (χ2n) is 10.9. The van der Waals surface area contributed by atoms with Crippen LogP contribution >= 0.6 is 15.6 Å². The molecule has 14 atom stereocenters. The van der Waals surface area contributed by atoms with Crippen LogP contribution in [0.5, 0.6) is 0 Å².